The highest BCUT2D eigenvalue weighted by Crippen LogP contribution is 2.58. The van der Waals surface area contributed by atoms with Gasteiger partial charge in [-0.25, -0.2) is 0 Å². The van der Waals surface area contributed by atoms with E-state index in [-0.39, 0.29) is 24.4 Å². The van der Waals surface area contributed by atoms with Gasteiger partial charge in [-0.15, -0.1) is 6.58 Å². The predicted octanol–water partition coefficient (Wildman–Crippen LogP) is 3.17. The highest BCUT2D eigenvalue weighted by molar-refractivity contribution is 6.01. The molecule has 6 heteroatoms. The van der Waals surface area contributed by atoms with Crippen LogP contribution in [0.25, 0.3) is 0 Å². The van der Waals surface area contributed by atoms with Crippen molar-refractivity contribution in [3.05, 3.63) is 48.1 Å². The van der Waals surface area contributed by atoms with Gasteiger partial charge in [-0.2, -0.15) is 0 Å². The standard InChI is InChI=1S/C22H24O6/c1-5-6-15-10-22(25-4)12(2)18(19(20(15)24)21(22)28-13(3)23)14-7-8-16-17(9-14)27-11-26-16/h5,7-10,12,18-19,21H,1,6,11H2,2-4H3/t12-,18+,19-,21-,22+/m0/s1. The van der Waals surface area contributed by atoms with E-state index in [9.17, 15) is 9.59 Å². The monoisotopic (exact) mass is 384 g/mol. The quantitative estimate of drug-likeness (QED) is 0.574. The van der Waals surface area contributed by atoms with Gasteiger partial charge in [0, 0.05) is 25.9 Å². The minimum Gasteiger partial charge on any atom is -0.458 e. The van der Waals surface area contributed by atoms with Crippen LogP contribution in [0, 0.1) is 11.8 Å². The third-order valence-corrected chi connectivity index (χ3v) is 6.22. The maximum absolute atomic E-state index is 13.4. The van der Waals surface area contributed by atoms with Crippen molar-refractivity contribution in [2.75, 3.05) is 13.9 Å². The molecule has 1 fully saturated rings. The molecular formula is C22H24O6. The summed E-state index contributed by atoms with van der Waals surface area (Å²) in [6.45, 7) is 7.34. The molecule has 0 N–H and O–H groups in total. The van der Waals surface area contributed by atoms with Crippen molar-refractivity contribution < 1.29 is 28.5 Å². The normalized spacial score (nSPS) is 32.8. The van der Waals surface area contributed by atoms with E-state index in [1.165, 1.54) is 6.92 Å². The maximum Gasteiger partial charge on any atom is 0.303 e. The molecule has 2 bridgehead atoms. The van der Waals surface area contributed by atoms with Crippen LogP contribution in [0.1, 0.15) is 31.7 Å². The third kappa shape index (κ3) is 2.58. The van der Waals surface area contributed by atoms with Crippen LogP contribution in [0.15, 0.2) is 42.5 Å². The summed E-state index contributed by atoms with van der Waals surface area (Å²) in [5, 5.41) is 0. The molecule has 3 aliphatic rings. The molecule has 1 aliphatic heterocycles. The summed E-state index contributed by atoms with van der Waals surface area (Å²) in [5.41, 5.74) is 0.726. The number of ketones is 1. The first kappa shape index (κ1) is 18.7. The summed E-state index contributed by atoms with van der Waals surface area (Å²) < 4.78 is 22.6. The topological polar surface area (TPSA) is 71.1 Å². The van der Waals surface area contributed by atoms with Crippen LogP contribution in [0.4, 0.5) is 0 Å². The van der Waals surface area contributed by atoms with Gasteiger partial charge in [-0.3, -0.25) is 9.59 Å². The molecule has 4 rings (SSSR count). The Morgan fingerprint density at radius 2 is 2.07 bits per heavy atom. The van der Waals surface area contributed by atoms with Crippen molar-refractivity contribution in [2.24, 2.45) is 11.8 Å². The van der Waals surface area contributed by atoms with Crippen LogP contribution in [0.3, 0.4) is 0 Å². The molecule has 0 aromatic heterocycles. The van der Waals surface area contributed by atoms with Gasteiger partial charge < -0.3 is 18.9 Å². The van der Waals surface area contributed by atoms with Gasteiger partial charge in [0.05, 0.1) is 5.92 Å². The van der Waals surface area contributed by atoms with E-state index in [0.29, 0.717) is 23.5 Å². The zero-order valence-electron chi connectivity index (χ0n) is 16.3. The Morgan fingerprint density at radius 3 is 2.75 bits per heavy atom. The number of allylic oxidation sites excluding steroid dienone is 2. The van der Waals surface area contributed by atoms with Crippen molar-refractivity contribution in [1.29, 1.82) is 0 Å². The van der Waals surface area contributed by atoms with E-state index in [2.05, 4.69) is 6.58 Å². The predicted molar refractivity (Wildman–Crippen MR) is 101 cm³/mol. The van der Waals surface area contributed by atoms with Gasteiger partial charge >= 0.3 is 5.97 Å². The van der Waals surface area contributed by atoms with Crippen molar-refractivity contribution in [2.45, 2.75) is 37.9 Å². The lowest BCUT2D eigenvalue weighted by molar-refractivity contribution is -0.166. The lowest BCUT2D eigenvalue weighted by atomic mass is 9.78. The van der Waals surface area contributed by atoms with Gasteiger partial charge in [0.25, 0.3) is 0 Å². The molecular weight excluding hydrogens is 360 g/mol. The molecule has 0 unspecified atom stereocenters. The van der Waals surface area contributed by atoms with Crippen molar-refractivity contribution in [3.63, 3.8) is 0 Å². The number of Topliss-reactive ketones (excluding diaryl/α,β-unsaturated/α-hetero) is 1. The molecule has 1 aromatic rings. The van der Waals surface area contributed by atoms with Gasteiger partial charge in [-0.1, -0.05) is 19.1 Å². The largest absolute Gasteiger partial charge is 0.458 e. The molecule has 5 atom stereocenters. The number of esters is 1. The van der Waals surface area contributed by atoms with Crippen molar-refractivity contribution >= 4 is 11.8 Å². The van der Waals surface area contributed by atoms with Crippen molar-refractivity contribution in [1.82, 2.24) is 0 Å². The molecule has 148 valence electrons. The highest BCUT2D eigenvalue weighted by Gasteiger charge is 2.65. The SMILES string of the molecule is C=CCC1=C[C@@]2(OC)[C@@H](C)[C@H](c3ccc4c(c3)OCO4)[C@@H](C1=O)[C@@H]2OC(C)=O. The molecule has 28 heavy (non-hydrogen) atoms. The molecule has 0 spiro atoms. The molecule has 1 saturated carbocycles. The summed E-state index contributed by atoms with van der Waals surface area (Å²) in [6, 6.07) is 5.72. The zero-order valence-corrected chi connectivity index (χ0v) is 16.3. The minimum absolute atomic E-state index is 0.0224. The fourth-order valence-electron chi connectivity index (χ4n) is 5.03. The summed E-state index contributed by atoms with van der Waals surface area (Å²) in [7, 11) is 1.60. The van der Waals surface area contributed by atoms with Gasteiger partial charge in [0.1, 0.15) is 11.7 Å². The Labute approximate surface area is 164 Å². The number of hydrogen-bond donors (Lipinski definition) is 0. The first-order valence-electron chi connectivity index (χ1n) is 9.41. The first-order valence-corrected chi connectivity index (χ1v) is 9.41. The van der Waals surface area contributed by atoms with E-state index in [0.717, 1.165) is 5.56 Å². The Morgan fingerprint density at radius 1 is 1.32 bits per heavy atom. The van der Waals surface area contributed by atoms with Crippen LogP contribution in [0.5, 0.6) is 11.5 Å². The van der Waals surface area contributed by atoms with Crippen LogP contribution >= 0.6 is 0 Å². The second-order valence-electron chi connectivity index (χ2n) is 7.57. The molecule has 6 nitrogen and oxygen atoms in total. The lowest BCUT2D eigenvalue weighted by Crippen LogP contribution is -2.50. The van der Waals surface area contributed by atoms with Crippen LogP contribution in [-0.4, -0.2) is 37.4 Å². The Bertz CT molecular complexity index is 872. The highest BCUT2D eigenvalue weighted by atomic mass is 16.7. The summed E-state index contributed by atoms with van der Waals surface area (Å²) in [5.74, 6) is 0.0808. The number of hydrogen-bond acceptors (Lipinski definition) is 6. The smallest absolute Gasteiger partial charge is 0.303 e. The maximum atomic E-state index is 13.4. The Balaban J connectivity index is 1.84. The van der Waals surface area contributed by atoms with Gasteiger partial charge in [-0.05, 0) is 35.8 Å². The molecule has 1 aromatic carbocycles. The summed E-state index contributed by atoms with van der Waals surface area (Å²) in [4.78, 5) is 25.2. The number of benzene rings is 1. The zero-order chi connectivity index (χ0) is 20.1. The van der Waals surface area contributed by atoms with E-state index in [1.54, 1.807) is 13.2 Å². The summed E-state index contributed by atoms with van der Waals surface area (Å²) in [6.07, 6.45) is 3.33. The van der Waals surface area contributed by atoms with Gasteiger partial charge in [0.15, 0.2) is 17.3 Å². The number of ether oxygens (including phenoxy) is 4. The minimum atomic E-state index is -0.871. The molecule has 1 heterocycles. The lowest BCUT2D eigenvalue weighted by Gasteiger charge is -2.38. The van der Waals surface area contributed by atoms with Gasteiger partial charge in [0.2, 0.25) is 6.79 Å². The number of carbonyl (C=O) groups is 2. The molecule has 0 amide bonds. The first-order chi connectivity index (χ1) is 13.4. The van der Waals surface area contributed by atoms with E-state index < -0.39 is 23.6 Å². The second kappa shape index (κ2) is 6.78. The number of carbonyl (C=O) groups excluding carboxylic acids is 2. The molecule has 0 radical (unpaired) electrons. The van der Waals surface area contributed by atoms with E-state index in [4.69, 9.17) is 18.9 Å². The van der Waals surface area contributed by atoms with Crippen molar-refractivity contribution in [3.8, 4) is 11.5 Å². The average molecular weight is 384 g/mol. The Kier molecular flexibility index (Phi) is 4.54. The van der Waals surface area contributed by atoms with Crippen LogP contribution < -0.4 is 9.47 Å². The summed E-state index contributed by atoms with van der Waals surface area (Å²) >= 11 is 0. The van der Waals surface area contributed by atoms with E-state index in [1.807, 2.05) is 31.2 Å². The van der Waals surface area contributed by atoms with Crippen LogP contribution in [-0.2, 0) is 19.1 Å². The average Bonchev–Trinajstić information content (AvgIpc) is 3.19. The fourth-order valence-corrected chi connectivity index (χ4v) is 5.03. The third-order valence-electron chi connectivity index (χ3n) is 6.22. The molecule has 0 saturated heterocycles. The van der Waals surface area contributed by atoms with E-state index >= 15 is 0 Å². The Hall–Kier alpha value is -2.60. The molecule has 2 aliphatic carbocycles. The second-order valence-corrected chi connectivity index (χ2v) is 7.57. The number of methoxy groups -OCH3 is 1. The van der Waals surface area contributed by atoms with Crippen LogP contribution in [0.2, 0.25) is 0 Å². The number of rotatable bonds is 5. The fraction of sp³-hybridized carbons (Fsp3) is 0.455. The number of fused-ring (bicyclic) bond motifs is 3.